The predicted molar refractivity (Wildman–Crippen MR) is 126 cm³/mol. The highest BCUT2D eigenvalue weighted by molar-refractivity contribution is 14.0. The number of rotatable bonds is 7. The molecule has 1 heterocycles. The number of piperidine rings is 1. The molecule has 0 amide bonds. The quantitative estimate of drug-likeness (QED) is 0.335. The fourth-order valence-corrected chi connectivity index (χ4v) is 4.05. The van der Waals surface area contributed by atoms with Crippen LogP contribution in [0.1, 0.15) is 52.0 Å². The number of aliphatic imine (C=N–C) groups is 1. The van der Waals surface area contributed by atoms with E-state index in [0.717, 1.165) is 44.0 Å². The van der Waals surface area contributed by atoms with E-state index in [2.05, 4.69) is 36.3 Å². The molecular formula is C22H36FIN4. The standard InChI is InChI=1S/C22H35FN4.HI/c1-4-24-21(25-14-18-7-6-12-27(15-18)17(2)3)26-16-22(10-11-22)19-8-5-9-20(23)13-19;/h5,8-9,13,17-18H,4,6-7,10-12,14-16H2,1-3H3,(H2,24,25,26);1H. The van der Waals surface area contributed by atoms with Crippen LogP contribution in [0.4, 0.5) is 4.39 Å². The molecule has 1 saturated heterocycles. The molecule has 3 rings (SSSR count). The molecule has 1 aromatic rings. The minimum absolute atomic E-state index is 0. The first-order valence-electron chi connectivity index (χ1n) is 10.5. The van der Waals surface area contributed by atoms with Crippen LogP contribution >= 0.6 is 24.0 Å². The van der Waals surface area contributed by atoms with Crippen LogP contribution in [0, 0.1) is 11.7 Å². The predicted octanol–water partition coefficient (Wildman–Crippen LogP) is 4.15. The van der Waals surface area contributed by atoms with Crippen molar-refractivity contribution in [2.75, 3.05) is 32.7 Å². The second-order valence-electron chi connectivity index (χ2n) is 8.46. The van der Waals surface area contributed by atoms with Crippen LogP contribution in [0.3, 0.4) is 0 Å². The first-order chi connectivity index (χ1) is 13.0. The molecule has 2 aliphatic rings. The smallest absolute Gasteiger partial charge is 0.191 e. The summed E-state index contributed by atoms with van der Waals surface area (Å²) in [4.78, 5) is 7.42. The Hall–Kier alpha value is -0.890. The van der Waals surface area contributed by atoms with Gasteiger partial charge in [0.2, 0.25) is 0 Å². The lowest BCUT2D eigenvalue weighted by Crippen LogP contribution is -2.46. The third-order valence-electron chi connectivity index (χ3n) is 6.01. The zero-order valence-electron chi connectivity index (χ0n) is 17.5. The molecule has 1 aliphatic heterocycles. The molecule has 2 fully saturated rings. The lowest BCUT2D eigenvalue weighted by Gasteiger charge is -2.35. The zero-order valence-corrected chi connectivity index (χ0v) is 19.8. The van der Waals surface area contributed by atoms with Crippen LogP contribution in [0.2, 0.25) is 0 Å². The molecule has 28 heavy (non-hydrogen) atoms. The molecule has 158 valence electrons. The van der Waals surface area contributed by atoms with Crippen molar-refractivity contribution < 1.29 is 4.39 Å². The van der Waals surface area contributed by atoms with Gasteiger partial charge in [0, 0.05) is 31.1 Å². The minimum Gasteiger partial charge on any atom is -0.357 e. The van der Waals surface area contributed by atoms with Gasteiger partial charge in [-0.05, 0) is 76.6 Å². The van der Waals surface area contributed by atoms with Crippen LogP contribution in [0.5, 0.6) is 0 Å². The molecule has 0 aromatic heterocycles. The van der Waals surface area contributed by atoms with Crippen molar-refractivity contribution in [1.82, 2.24) is 15.5 Å². The highest BCUT2D eigenvalue weighted by Gasteiger charge is 2.44. The summed E-state index contributed by atoms with van der Waals surface area (Å²) in [5, 5.41) is 6.92. The Kier molecular flexibility index (Phi) is 8.99. The highest BCUT2D eigenvalue weighted by atomic mass is 127. The van der Waals surface area contributed by atoms with Crippen LogP contribution in [0.25, 0.3) is 0 Å². The van der Waals surface area contributed by atoms with Gasteiger partial charge in [-0.25, -0.2) is 4.39 Å². The molecular weight excluding hydrogens is 466 g/mol. The number of hydrogen-bond acceptors (Lipinski definition) is 2. The zero-order chi connectivity index (χ0) is 19.3. The highest BCUT2D eigenvalue weighted by Crippen LogP contribution is 2.48. The Balaban J connectivity index is 0.00000280. The lowest BCUT2D eigenvalue weighted by atomic mass is 9.96. The minimum atomic E-state index is -0.153. The SMILES string of the molecule is CCNC(=NCC1(c2cccc(F)c2)CC1)NCC1CCCN(C(C)C)C1.I. The summed E-state index contributed by atoms with van der Waals surface area (Å²) in [6.07, 6.45) is 4.74. The molecule has 1 aliphatic carbocycles. The number of nitrogens with zero attached hydrogens (tertiary/aromatic N) is 2. The summed E-state index contributed by atoms with van der Waals surface area (Å²) in [5.41, 5.74) is 1.12. The van der Waals surface area contributed by atoms with Crippen LogP contribution in [-0.4, -0.2) is 49.6 Å². The Morgan fingerprint density at radius 1 is 1.32 bits per heavy atom. The number of halogens is 2. The molecule has 1 atom stereocenters. The van der Waals surface area contributed by atoms with Crippen molar-refractivity contribution in [2.24, 2.45) is 10.9 Å². The van der Waals surface area contributed by atoms with Crippen molar-refractivity contribution >= 4 is 29.9 Å². The molecule has 0 spiro atoms. The molecule has 1 saturated carbocycles. The van der Waals surface area contributed by atoms with E-state index in [4.69, 9.17) is 4.99 Å². The maximum Gasteiger partial charge on any atom is 0.191 e. The van der Waals surface area contributed by atoms with Gasteiger partial charge in [0.05, 0.1) is 6.54 Å². The Morgan fingerprint density at radius 2 is 2.11 bits per heavy atom. The molecule has 6 heteroatoms. The molecule has 2 N–H and O–H groups in total. The molecule has 0 bridgehead atoms. The van der Waals surface area contributed by atoms with Crippen LogP contribution in [-0.2, 0) is 5.41 Å². The molecule has 1 unspecified atom stereocenters. The van der Waals surface area contributed by atoms with Gasteiger partial charge in [0.25, 0.3) is 0 Å². The van der Waals surface area contributed by atoms with Crippen molar-refractivity contribution in [3.05, 3.63) is 35.6 Å². The number of benzene rings is 1. The summed E-state index contributed by atoms with van der Waals surface area (Å²) in [6.45, 7) is 11.6. The van der Waals surface area contributed by atoms with Gasteiger partial charge in [-0.15, -0.1) is 24.0 Å². The second-order valence-corrected chi connectivity index (χ2v) is 8.46. The van der Waals surface area contributed by atoms with E-state index in [1.165, 1.54) is 25.5 Å². The maximum absolute atomic E-state index is 13.6. The summed E-state index contributed by atoms with van der Waals surface area (Å²) in [7, 11) is 0. The topological polar surface area (TPSA) is 39.7 Å². The van der Waals surface area contributed by atoms with Gasteiger partial charge < -0.3 is 15.5 Å². The Bertz CT molecular complexity index is 645. The van der Waals surface area contributed by atoms with E-state index in [0.29, 0.717) is 18.5 Å². The fraction of sp³-hybridized carbons (Fsp3) is 0.682. The fourth-order valence-electron chi connectivity index (χ4n) is 4.05. The second kappa shape index (κ2) is 10.8. The third-order valence-corrected chi connectivity index (χ3v) is 6.01. The Labute approximate surface area is 186 Å². The molecule has 1 aromatic carbocycles. The maximum atomic E-state index is 13.6. The number of hydrogen-bond donors (Lipinski definition) is 2. The van der Waals surface area contributed by atoms with E-state index in [-0.39, 0.29) is 35.2 Å². The van der Waals surface area contributed by atoms with Gasteiger partial charge in [-0.2, -0.15) is 0 Å². The van der Waals surface area contributed by atoms with Crippen LogP contribution < -0.4 is 10.6 Å². The normalized spacial score (nSPS) is 21.9. The van der Waals surface area contributed by atoms with E-state index >= 15 is 0 Å². The average molecular weight is 502 g/mol. The van der Waals surface area contributed by atoms with Crippen molar-refractivity contribution in [3.8, 4) is 0 Å². The van der Waals surface area contributed by atoms with Gasteiger partial charge >= 0.3 is 0 Å². The van der Waals surface area contributed by atoms with Gasteiger partial charge in [-0.3, -0.25) is 4.99 Å². The van der Waals surface area contributed by atoms with E-state index in [1.807, 2.05) is 12.1 Å². The van der Waals surface area contributed by atoms with Gasteiger partial charge in [0.15, 0.2) is 5.96 Å². The molecule has 0 radical (unpaired) electrons. The van der Waals surface area contributed by atoms with E-state index < -0.39 is 0 Å². The Morgan fingerprint density at radius 3 is 2.75 bits per heavy atom. The van der Waals surface area contributed by atoms with E-state index in [1.54, 1.807) is 6.07 Å². The summed E-state index contributed by atoms with van der Waals surface area (Å²) in [6, 6.07) is 7.65. The van der Waals surface area contributed by atoms with Crippen molar-refractivity contribution in [1.29, 1.82) is 0 Å². The summed E-state index contributed by atoms with van der Waals surface area (Å²) < 4.78 is 13.6. The van der Waals surface area contributed by atoms with Gasteiger partial charge in [0.1, 0.15) is 5.82 Å². The largest absolute Gasteiger partial charge is 0.357 e. The van der Waals surface area contributed by atoms with Gasteiger partial charge in [-0.1, -0.05) is 12.1 Å². The third kappa shape index (κ3) is 6.31. The first kappa shape index (κ1) is 23.4. The molecule has 4 nitrogen and oxygen atoms in total. The van der Waals surface area contributed by atoms with E-state index in [9.17, 15) is 4.39 Å². The van der Waals surface area contributed by atoms with Crippen molar-refractivity contribution in [2.45, 2.75) is 57.9 Å². The number of nitrogens with one attached hydrogen (secondary N) is 2. The lowest BCUT2D eigenvalue weighted by molar-refractivity contribution is 0.141. The number of likely N-dealkylation sites (tertiary alicyclic amines) is 1. The van der Waals surface area contributed by atoms with Crippen molar-refractivity contribution in [3.63, 3.8) is 0 Å². The average Bonchev–Trinajstić information content (AvgIpc) is 3.45. The first-order valence-corrected chi connectivity index (χ1v) is 10.5. The number of guanidine groups is 1. The summed E-state index contributed by atoms with van der Waals surface area (Å²) >= 11 is 0. The summed E-state index contributed by atoms with van der Waals surface area (Å²) in [5.74, 6) is 1.41. The van der Waals surface area contributed by atoms with Crippen LogP contribution in [0.15, 0.2) is 29.3 Å². The monoisotopic (exact) mass is 502 g/mol.